The molecule has 1 aromatic carbocycles. The van der Waals surface area contributed by atoms with E-state index in [2.05, 4.69) is 30.3 Å². The largest absolute Gasteiger partial charge is 0.450 e. The van der Waals surface area contributed by atoms with Gasteiger partial charge >= 0.3 is 6.09 Å². The first-order valence-electron chi connectivity index (χ1n) is 6.98. The molecule has 0 N–H and O–H groups in total. The molecular formula is C16H19NO2. The zero-order valence-electron chi connectivity index (χ0n) is 11.3. The summed E-state index contributed by atoms with van der Waals surface area (Å²) in [5, 5.41) is 0. The van der Waals surface area contributed by atoms with E-state index in [-0.39, 0.29) is 6.09 Å². The fourth-order valence-electron chi connectivity index (χ4n) is 3.04. The van der Waals surface area contributed by atoms with Crippen molar-refractivity contribution in [3.63, 3.8) is 0 Å². The topological polar surface area (TPSA) is 29.5 Å². The molecule has 1 unspecified atom stereocenters. The molecule has 1 aliphatic carbocycles. The van der Waals surface area contributed by atoms with E-state index in [1.807, 2.05) is 11.8 Å². The third-order valence-corrected chi connectivity index (χ3v) is 4.02. The van der Waals surface area contributed by atoms with Crippen LogP contribution in [0.15, 0.2) is 29.8 Å². The maximum Gasteiger partial charge on any atom is 0.409 e. The van der Waals surface area contributed by atoms with Crippen LogP contribution in [-0.4, -0.2) is 30.7 Å². The molecule has 1 atom stereocenters. The summed E-state index contributed by atoms with van der Waals surface area (Å²) < 4.78 is 5.10. The van der Waals surface area contributed by atoms with Crippen LogP contribution in [0, 0.1) is 5.92 Å². The Bertz CT molecular complexity index is 521. The third kappa shape index (κ3) is 2.37. The fourth-order valence-corrected chi connectivity index (χ4v) is 3.04. The summed E-state index contributed by atoms with van der Waals surface area (Å²) in [6, 6.07) is 8.54. The standard InChI is InChI=1S/C16H19NO2/c1-2-19-16(18)17-8-7-14-9-12-5-3-4-6-13(12)10-15(14)11-17/h3-6,9,15H,2,7-8,10-11H2,1H3. The molecule has 0 aromatic heterocycles. The number of nitrogens with zero attached hydrogens (tertiary/aromatic N) is 1. The first-order valence-corrected chi connectivity index (χ1v) is 6.98. The molecule has 0 bridgehead atoms. The van der Waals surface area contributed by atoms with Crippen LogP contribution in [0.2, 0.25) is 0 Å². The summed E-state index contributed by atoms with van der Waals surface area (Å²) in [6.07, 6.45) is 4.15. The van der Waals surface area contributed by atoms with E-state index in [1.54, 1.807) is 0 Å². The van der Waals surface area contributed by atoms with Crippen LogP contribution in [0.1, 0.15) is 24.5 Å². The molecule has 1 aliphatic heterocycles. The van der Waals surface area contributed by atoms with Crippen LogP contribution in [0.25, 0.3) is 6.08 Å². The van der Waals surface area contributed by atoms with E-state index in [0.717, 1.165) is 25.9 Å². The molecule has 19 heavy (non-hydrogen) atoms. The molecule has 1 amide bonds. The number of piperidine rings is 1. The van der Waals surface area contributed by atoms with E-state index < -0.39 is 0 Å². The Hall–Kier alpha value is -1.77. The van der Waals surface area contributed by atoms with E-state index in [0.29, 0.717) is 12.5 Å². The Morgan fingerprint density at radius 2 is 2.26 bits per heavy atom. The van der Waals surface area contributed by atoms with Crippen molar-refractivity contribution in [2.75, 3.05) is 19.7 Å². The van der Waals surface area contributed by atoms with Gasteiger partial charge in [-0.1, -0.05) is 35.9 Å². The number of fused-ring (bicyclic) bond motifs is 2. The number of amides is 1. The van der Waals surface area contributed by atoms with Crippen molar-refractivity contribution < 1.29 is 9.53 Å². The molecule has 1 heterocycles. The highest BCUT2D eigenvalue weighted by atomic mass is 16.6. The van der Waals surface area contributed by atoms with Gasteiger partial charge in [0.2, 0.25) is 0 Å². The van der Waals surface area contributed by atoms with Crippen LogP contribution in [0.5, 0.6) is 0 Å². The van der Waals surface area contributed by atoms with E-state index in [4.69, 9.17) is 4.74 Å². The van der Waals surface area contributed by atoms with Crippen LogP contribution >= 0.6 is 0 Å². The summed E-state index contributed by atoms with van der Waals surface area (Å²) in [7, 11) is 0. The van der Waals surface area contributed by atoms with Gasteiger partial charge in [0, 0.05) is 19.0 Å². The number of carbonyl (C=O) groups is 1. The van der Waals surface area contributed by atoms with Crippen molar-refractivity contribution in [2.24, 2.45) is 5.92 Å². The number of rotatable bonds is 1. The van der Waals surface area contributed by atoms with Crippen LogP contribution in [-0.2, 0) is 11.2 Å². The minimum Gasteiger partial charge on any atom is -0.450 e. The number of likely N-dealkylation sites (tertiary alicyclic amines) is 1. The molecule has 1 aromatic rings. The van der Waals surface area contributed by atoms with Gasteiger partial charge in [0.1, 0.15) is 0 Å². The third-order valence-electron chi connectivity index (χ3n) is 4.02. The molecule has 0 spiro atoms. The number of carbonyl (C=O) groups excluding carboxylic acids is 1. The highest BCUT2D eigenvalue weighted by molar-refractivity contribution is 5.69. The lowest BCUT2D eigenvalue weighted by Crippen LogP contribution is -2.42. The first kappa shape index (κ1) is 12.3. The molecule has 3 nitrogen and oxygen atoms in total. The summed E-state index contributed by atoms with van der Waals surface area (Å²) in [4.78, 5) is 13.6. The molecule has 0 radical (unpaired) electrons. The molecule has 100 valence electrons. The molecular weight excluding hydrogens is 238 g/mol. The minimum atomic E-state index is -0.166. The highest BCUT2D eigenvalue weighted by Gasteiger charge is 2.30. The van der Waals surface area contributed by atoms with Gasteiger partial charge in [-0.2, -0.15) is 0 Å². The molecule has 2 aliphatic rings. The van der Waals surface area contributed by atoms with Gasteiger partial charge in [0.25, 0.3) is 0 Å². The minimum absolute atomic E-state index is 0.166. The summed E-state index contributed by atoms with van der Waals surface area (Å²) >= 11 is 0. The molecule has 1 fully saturated rings. The van der Waals surface area contributed by atoms with E-state index in [9.17, 15) is 4.79 Å². The molecule has 1 saturated heterocycles. The quantitative estimate of drug-likeness (QED) is 0.773. The average Bonchev–Trinajstić information content (AvgIpc) is 2.44. The van der Waals surface area contributed by atoms with Crippen molar-refractivity contribution in [1.29, 1.82) is 0 Å². The van der Waals surface area contributed by atoms with Crippen LogP contribution in [0.3, 0.4) is 0 Å². The summed E-state index contributed by atoms with van der Waals surface area (Å²) in [5.74, 6) is 0.466. The Morgan fingerprint density at radius 1 is 1.42 bits per heavy atom. The van der Waals surface area contributed by atoms with Crippen molar-refractivity contribution >= 4 is 12.2 Å². The van der Waals surface area contributed by atoms with Crippen molar-refractivity contribution in [2.45, 2.75) is 19.8 Å². The normalized spacial score (nSPS) is 21.2. The van der Waals surface area contributed by atoms with Gasteiger partial charge in [-0.25, -0.2) is 4.79 Å². The van der Waals surface area contributed by atoms with Gasteiger partial charge in [-0.3, -0.25) is 0 Å². The Kier molecular flexibility index (Phi) is 3.28. The van der Waals surface area contributed by atoms with E-state index in [1.165, 1.54) is 16.7 Å². The molecule has 3 heteroatoms. The van der Waals surface area contributed by atoms with Gasteiger partial charge in [0.05, 0.1) is 6.61 Å². The lowest BCUT2D eigenvalue weighted by atomic mass is 9.80. The number of ether oxygens (including phenoxy) is 1. The zero-order valence-corrected chi connectivity index (χ0v) is 11.3. The van der Waals surface area contributed by atoms with E-state index >= 15 is 0 Å². The van der Waals surface area contributed by atoms with Gasteiger partial charge in [-0.05, 0) is 30.9 Å². The maximum atomic E-state index is 11.8. The Balaban J connectivity index is 1.77. The SMILES string of the molecule is CCOC(=O)N1CCC2=Cc3ccccc3CC2C1. The second-order valence-electron chi connectivity index (χ2n) is 5.21. The first-order chi connectivity index (χ1) is 9.28. The number of hydrogen-bond acceptors (Lipinski definition) is 2. The monoisotopic (exact) mass is 257 g/mol. The number of benzene rings is 1. The van der Waals surface area contributed by atoms with Crippen LogP contribution < -0.4 is 0 Å². The zero-order chi connectivity index (χ0) is 13.2. The van der Waals surface area contributed by atoms with Crippen molar-refractivity contribution in [3.05, 3.63) is 41.0 Å². The smallest absolute Gasteiger partial charge is 0.409 e. The molecule has 3 rings (SSSR count). The second kappa shape index (κ2) is 5.08. The predicted molar refractivity (Wildman–Crippen MR) is 74.8 cm³/mol. The van der Waals surface area contributed by atoms with Crippen molar-refractivity contribution in [1.82, 2.24) is 4.90 Å². The van der Waals surface area contributed by atoms with Gasteiger partial charge in [-0.15, -0.1) is 0 Å². The second-order valence-corrected chi connectivity index (χ2v) is 5.21. The highest BCUT2D eigenvalue weighted by Crippen LogP contribution is 2.34. The van der Waals surface area contributed by atoms with Gasteiger partial charge in [0.15, 0.2) is 0 Å². The van der Waals surface area contributed by atoms with Gasteiger partial charge < -0.3 is 9.64 Å². The Morgan fingerprint density at radius 3 is 3.11 bits per heavy atom. The average molecular weight is 257 g/mol. The lowest BCUT2D eigenvalue weighted by molar-refractivity contribution is 0.0968. The fraction of sp³-hybridized carbons (Fsp3) is 0.438. The molecule has 0 saturated carbocycles. The van der Waals surface area contributed by atoms with Crippen molar-refractivity contribution in [3.8, 4) is 0 Å². The van der Waals surface area contributed by atoms with Crippen LogP contribution in [0.4, 0.5) is 4.79 Å². The predicted octanol–water partition coefficient (Wildman–Crippen LogP) is 3.10. The number of hydrogen-bond donors (Lipinski definition) is 0. The Labute approximate surface area is 113 Å². The summed E-state index contributed by atoms with van der Waals surface area (Å²) in [6.45, 7) is 3.87. The summed E-state index contributed by atoms with van der Waals surface area (Å²) in [5.41, 5.74) is 4.22. The lowest BCUT2D eigenvalue weighted by Gasteiger charge is -2.36. The maximum absolute atomic E-state index is 11.8.